The molecule has 0 aliphatic carbocycles. The number of piperidine rings is 1. The number of aliphatic carboxylic acids is 1. The van der Waals surface area contributed by atoms with Crippen molar-refractivity contribution in [2.75, 3.05) is 13.1 Å². The highest BCUT2D eigenvalue weighted by atomic mass is 16.4. The first kappa shape index (κ1) is 15.0. The van der Waals surface area contributed by atoms with Crippen LogP contribution >= 0.6 is 0 Å². The predicted octanol–water partition coefficient (Wildman–Crippen LogP) is 3.48. The highest BCUT2D eigenvalue weighted by Gasteiger charge is 2.37. The first-order chi connectivity index (χ1) is 9.43. The van der Waals surface area contributed by atoms with Crippen LogP contribution in [0.25, 0.3) is 0 Å². The Morgan fingerprint density at radius 1 is 1.25 bits per heavy atom. The molecule has 1 aliphatic heterocycles. The summed E-state index contributed by atoms with van der Waals surface area (Å²) in [6.07, 6.45) is 3.75. The molecular weight excluding hydrogens is 250 g/mol. The number of likely N-dealkylation sites (tertiary alicyclic amines) is 1. The topological polar surface area (TPSA) is 40.5 Å². The van der Waals surface area contributed by atoms with E-state index in [9.17, 15) is 9.90 Å². The Labute approximate surface area is 121 Å². The van der Waals surface area contributed by atoms with Gasteiger partial charge in [0.15, 0.2) is 0 Å². The molecule has 2 rings (SSSR count). The third-order valence-electron chi connectivity index (χ3n) is 4.51. The highest BCUT2D eigenvalue weighted by molar-refractivity contribution is 5.69. The maximum absolute atomic E-state index is 11.4. The van der Waals surface area contributed by atoms with Gasteiger partial charge in [0.1, 0.15) is 0 Å². The van der Waals surface area contributed by atoms with E-state index in [0.717, 1.165) is 18.7 Å². The average Bonchev–Trinajstić information content (AvgIpc) is 2.38. The van der Waals surface area contributed by atoms with Crippen LogP contribution in [0.2, 0.25) is 0 Å². The Balaban J connectivity index is 2.41. The fraction of sp³-hybridized carbons (Fsp3) is 0.588. The van der Waals surface area contributed by atoms with Crippen LogP contribution in [-0.2, 0) is 10.3 Å². The number of hydrogen-bond acceptors (Lipinski definition) is 2. The van der Waals surface area contributed by atoms with E-state index in [1.807, 2.05) is 0 Å². The van der Waals surface area contributed by atoms with Crippen molar-refractivity contribution in [2.45, 2.75) is 52.0 Å². The van der Waals surface area contributed by atoms with Crippen molar-refractivity contribution >= 4 is 5.97 Å². The van der Waals surface area contributed by atoms with Crippen molar-refractivity contribution < 1.29 is 9.90 Å². The molecule has 1 fully saturated rings. The van der Waals surface area contributed by atoms with Crippen LogP contribution < -0.4 is 0 Å². The van der Waals surface area contributed by atoms with Crippen LogP contribution in [0.4, 0.5) is 0 Å². The number of benzene rings is 1. The second-order valence-corrected chi connectivity index (χ2v) is 6.21. The number of nitrogens with zero attached hydrogens (tertiary/aromatic N) is 1. The minimum Gasteiger partial charge on any atom is -0.481 e. The van der Waals surface area contributed by atoms with Crippen molar-refractivity contribution in [3.8, 4) is 0 Å². The largest absolute Gasteiger partial charge is 0.481 e. The van der Waals surface area contributed by atoms with Gasteiger partial charge in [-0.1, -0.05) is 30.2 Å². The van der Waals surface area contributed by atoms with Crippen LogP contribution in [0.5, 0.6) is 0 Å². The molecule has 1 N–H and O–H groups in total. The van der Waals surface area contributed by atoms with E-state index in [1.54, 1.807) is 0 Å². The van der Waals surface area contributed by atoms with Crippen LogP contribution in [0.15, 0.2) is 18.2 Å². The van der Waals surface area contributed by atoms with Crippen molar-refractivity contribution in [3.05, 3.63) is 34.9 Å². The van der Waals surface area contributed by atoms with Crippen LogP contribution in [0.3, 0.4) is 0 Å². The fourth-order valence-electron chi connectivity index (χ4n) is 3.48. The molecule has 0 radical (unpaired) electrons. The van der Waals surface area contributed by atoms with Gasteiger partial charge in [-0.3, -0.25) is 9.69 Å². The lowest BCUT2D eigenvalue weighted by Gasteiger charge is -2.44. The molecule has 110 valence electrons. The second kappa shape index (κ2) is 5.96. The van der Waals surface area contributed by atoms with Gasteiger partial charge in [0.05, 0.1) is 12.0 Å². The molecule has 3 heteroatoms. The lowest BCUT2D eigenvalue weighted by atomic mass is 9.82. The van der Waals surface area contributed by atoms with Gasteiger partial charge < -0.3 is 5.11 Å². The van der Waals surface area contributed by atoms with Crippen molar-refractivity contribution in [3.63, 3.8) is 0 Å². The van der Waals surface area contributed by atoms with Crippen LogP contribution in [0, 0.1) is 13.8 Å². The molecule has 0 bridgehead atoms. The molecule has 3 nitrogen and oxygen atoms in total. The molecule has 0 amide bonds. The Bertz CT molecular complexity index is 492. The van der Waals surface area contributed by atoms with Crippen molar-refractivity contribution in [1.82, 2.24) is 4.90 Å². The van der Waals surface area contributed by atoms with Gasteiger partial charge in [0.2, 0.25) is 0 Å². The fourth-order valence-corrected chi connectivity index (χ4v) is 3.48. The zero-order valence-electron chi connectivity index (χ0n) is 12.8. The molecule has 1 aromatic rings. The van der Waals surface area contributed by atoms with Crippen molar-refractivity contribution in [2.24, 2.45) is 0 Å². The second-order valence-electron chi connectivity index (χ2n) is 6.21. The summed E-state index contributed by atoms with van der Waals surface area (Å²) >= 11 is 0. The summed E-state index contributed by atoms with van der Waals surface area (Å²) in [5.41, 5.74) is 3.18. The molecule has 1 heterocycles. The summed E-state index contributed by atoms with van der Waals surface area (Å²) in [5.74, 6) is -0.724. The van der Waals surface area contributed by atoms with Gasteiger partial charge >= 0.3 is 5.97 Å². The summed E-state index contributed by atoms with van der Waals surface area (Å²) < 4.78 is 0. The molecule has 0 spiro atoms. The summed E-state index contributed by atoms with van der Waals surface area (Å²) in [5, 5.41) is 9.36. The SMILES string of the molecule is Cc1ccc(C(C)(CC(=O)O)N2CCCCC2)c(C)c1. The molecule has 20 heavy (non-hydrogen) atoms. The summed E-state index contributed by atoms with van der Waals surface area (Å²) in [6, 6.07) is 6.36. The predicted molar refractivity (Wildman–Crippen MR) is 80.9 cm³/mol. The van der Waals surface area contributed by atoms with Gasteiger partial charge in [-0.25, -0.2) is 0 Å². The number of carboxylic acids is 1. The highest BCUT2D eigenvalue weighted by Crippen LogP contribution is 2.36. The first-order valence-corrected chi connectivity index (χ1v) is 7.48. The summed E-state index contributed by atoms with van der Waals surface area (Å²) in [4.78, 5) is 13.7. The third kappa shape index (κ3) is 3.04. The first-order valence-electron chi connectivity index (χ1n) is 7.48. The standard InChI is InChI=1S/C17H25NO2/c1-13-7-8-15(14(2)11-13)17(3,12-16(19)20)18-9-5-4-6-10-18/h7-8,11H,4-6,9-10,12H2,1-3H3,(H,19,20). The molecule has 1 atom stereocenters. The molecule has 1 saturated heterocycles. The summed E-state index contributed by atoms with van der Waals surface area (Å²) in [6.45, 7) is 8.25. The maximum atomic E-state index is 11.4. The van der Waals surface area contributed by atoms with Gasteiger partial charge in [0, 0.05) is 0 Å². The maximum Gasteiger partial charge on any atom is 0.305 e. The molecular formula is C17H25NO2. The van der Waals surface area contributed by atoms with E-state index in [4.69, 9.17) is 0 Å². The van der Waals surface area contributed by atoms with E-state index >= 15 is 0 Å². The lowest BCUT2D eigenvalue weighted by molar-refractivity contribution is -0.140. The van der Waals surface area contributed by atoms with E-state index < -0.39 is 11.5 Å². The zero-order valence-corrected chi connectivity index (χ0v) is 12.8. The number of rotatable bonds is 4. The molecule has 1 unspecified atom stereocenters. The Morgan fingerprint density at radius 3 is 2.45 bits per heavy atom. The average molecular weight is 275 g/mol. The Hall–Kier alpha value is -1.35. The quantitative estimate of drug-likeness (QED) is 0.914. The van der Waals surface area contributed by atoms with E-state index in [-0.39, 0.29) is 6.42 Å². The number of aryl methyl sites for hydroxylation is 2. The molecule has 0 aromatic heterocycles. The van der Waals surface area contributed by atoms with Crippen LogP contribution in [-0.4, -0.2) is 29.1 Å². The smallest absolute Gasteiger partial charge is 0.305 e. The number of carbonyl (C=O) groups is 1. The normalized spacial score (nSPS) is 19.6. The molecule has 1 aromatic carbocycles. The van der Waals surface area contributed by atoms with E-state index in [1.165, 1.54) is 30.4 Å². The monoisotopic (exact) mass is 275 g/mol. The molecule has 0 saturated carbocycles. The van der Waals surface area contributed by atoms with E-state index in [2.05, 4.69) is 43.9 Å². The lowest BCUT2D eigenvalue weighted by Crippen LogP contribution is -2.48. The van der Waals surface area contributed by atoms with E-state index in [0.29, 0.717) is 0 Å². The number of hydrogen-bond donors (Lipinski definition) is 1. The van der Waals surface area contributed by atoms with Crippen molar-refractivity contribution in [1.29, 1.82) is 0 Å². The Morgan fingerprint density at radius 2 is 1.90 bits per heavy atom. The van der Waals surface area contributed by atoms with Gasteiger partial charge in [-0.05, 0) is 57.8 Å². The van der Waals surface area contributed by atoms with Crippen LogP contribution in [0.1, 0.15) is 49.3 Å². The number of carboxylic acid groups (broad SMARTS) is 1. The van der Waals surface area contributed by atoms with Gasteiger partial charge in [-0.2, -0.15) is 0 Å². The Kier molecular flexibility index (Phi) is 4.48. The summed E-state index contributed by atoms with van der Waals surface area (Å²) in [7, 11) is 0. The minimum absolute atomic E-state index is 0.164. The zero-order chi connectivity index (χ0) is 14.8. The minimum atomic E-state index is -0.724. The molecule has 1 aliphatic rings. The van der Waals surface area contributed by atoms with Gasteiger partial charge in [-0.15, -0.1) is 0 Å². The van der Waals surface area contributed by atoms with Gasteiger partial charge in [0.25, 0.3) is 0 Å². The third-order valence-corrected chi connectivity index (χ3v) is 4.51.